The number of anilines is 1. The van der Waals surface area contributed by atoms with Gasteiger partial charge in [0.1, 0.15) is 11.6 Å². The number of carbonyl (C=O) groups is 2. The number of nitrogens with one attached hydrogen (secondary N) is 1. The topological polar surface area (TPSA) is 66.4 Å². The van der Waals surface area contributed by atoms with Crippen LogP contribution in [0.2, 0.25) is 0 Å². The summed E-state index contributed by atoms with van der Waals surface area (Å²) in [6, 6.07) is 2.83. The van der Waals surface area contributed by atoms with E-state index in [-0.39, 0.29) is 17.5 Å². The van der Waals surface area contributed by atoms with Gasteiger partial charge in [0, 0.05) is 6.07 Å². The second-order valence-corrected chi connectivity index (χ2v) is 5.45. The van der Waals surface area contributed by atoms with E-state index in [9.17, 15) is 23.5 Å². The van der Waals surface area contributed by atoms with Crippen molar-refractivity contribution in [2.24, 2.45) is 23.7 Å². The van der Waals surface area contributed by atoms with E-state index in [1.165, 1.54) is 0 Å². The molecule has 4 atom stereocenters. The Labute approximate surface area is 119 Å². The van der Waals surface area contributed by atoms with Gasteiger partial charge in [-0.15, -0.1) is 0 Å². The summed E-state index contributed by atoms with van der Waals surface area (Å²) < 4.78 is 26.4. The van der Waals surface area contributed by atoms with Gasteiger partial charge in [-0.05, 0) is 30.4 Å². The number of carboxylic acids is 1. The molecule has 0 radical (unpaired) electrons. The lowest BCUT2D eigenvalue weighted by atomic mass is 9.82. The predicted octanol–water partition coefficient (Wildman–Crippen LogP) is 2.43. The third kappa shape index (κ3) is 2.30. The van der Waals surface area contributed by atoms with Crippen LogP contribution in [0.4, 0.5) is 14.5 Å². The second-order valence-electron chi connectivity index (χ2n) is 5.45. The molecular weight excluding hydrogens is 280 g/mol. The molecule has 2 N–H and O–H groups in total. The third-order valence-electron chi connectivity index (χ3n) is 4.24. The van der Waals surface area contributed by atoms with Crippen molar-refractivity contribution < 1.29 is 23.5 Å². The van der Waals surface area contributed by atoms with E-state index in [4.69, 9.17) is 0 Å². The highest BCUT2D eigenvalue weighted by Gasteiger charge is 2.51. The molecule has 1 aromatic carbocycles. The molecule has 4 unspecified atom stereocenters. The quantitative estimate of drug-likeness (QED) is 0.841. The number of hydrogen-bond acceptors (Lipinski definition) is 2. The van der Waals surface area contributed by atoms with Gasteiger partial charge in [0.25, 0.3) is 0 Å². The van der Waals surface area contributed by atoms with E-state index >= 15 is 0 Å². The number of rotatable bonds is 3. The van der Waals surface area contributed by atoms with Crippen LogP contribution in [-0.4, -0.2) is 17.0 Å². The fraction of sp³-hybridized carbons (Fsp3) is 0.333. The zero-order valence-corrected chi connectivity index (χ0v) is 10.9. The zero-order chi connectivity index (χ0) is 15.1. The smallest absolute Gasteiger partial charge is 0.307 e. The molecule has 2 aliphatic rings. The molecular formula is C15H13F2NO3. The van der Waals surface area contributed by atoms with Crippen LogP contribution in [0, 0.1) is 35.3 Å². The highest BCUT2D eigenvalue weighted by Crippen LogP contribution is 2.48. The van der Waals surface area contributed by atoms with Crippen molar-refractivity contribution in [1.29, 1.82) is 0 Å². The van der Waals surface area contributed by atoms with Crippen molar-refractivity contribution >= 4 is 17.6 Å². The maximum Gasteiger partial charge on any atom is 0.307 e. The number of halogens is 2. The minimum atomic E-state index is -1.02. The molecule has 1 fully saturated rings. The van der Waals surface area contributed by atoms with Crippen molar-refractivity contribution in [3.63, 3.8) is 0 Å². The van der Waals surface area contributed by atoms with Gasteiger partial charge in [-0.1, -0.05) is 12.2 Å². The van der Waals surface area contributed by atoms with Crippen molar-refractivity contribution in [3.8, 4) is 0 Å². The van der Waals surface area contributed by atoms with Crippen LogP contribution < -0.4 is 5.32 Å². The molecule has 3 rings (SSSR count). The van der Waals surface area contributed by atoms with Gasteiger partial charge in [-0.3, -0.25) is 9.59 Å². The molecule has 2 bridgehead atoms. The van der Waals surface area contributed by atoms with Crippen LogP contribution in [0.15, 0.2) is 30.4 Å². The Bertz CT molecular complexity index is 644. The molecule has 2 aliphatic carbocycles. The molecule has 21 heavy (non-hydrogen) atoms. The molecule has 0 saturated heterocycles. The summed E-state index contributed by atoms with van der Waals surface area (Å²) in [5.74, 6) is -4.98. The van der Waals surface area contributed by atoms with Crippen molar-refractivity contribution in [2.75, 3.05) is 5.32 Å². The number of aliphatic carboxylic acids is 1. The number of benzene rings is 1. The van der Waals surface area contributed by atoms with Crippen LogP contribution in [0.3, 0.4) is 0 Å². The first kappa shape index (κ1) is 13.7. The van der Waals surface area contributed by atoms with Crippen LogP contribution >= 0.6 is 0 Å². The number of hydrogen-bond donors (Lipinski definition) is 2. The van der Waals surface area contributed by atoms with Crippen LogP contribution in [-0.2, 0) is 9.59 Å². The van der Waals surface area contributed by atoms with Crippen LogP contribution in [0.5, 0.6) is 0 Å². The van der Waals surface area contributed by atoms with Gasteiger partial charge in [0.05, 0.1) is 17.5 Å². The Morgan fingerprint density at radius 3 is 2.43 bits per heavy atom. The van der Waals surface area contributed by atoms with Crippen molar-refractivity contribution in [3.05, 3.63) is 42.0 Å². The summed E-state index contributed by atoms with van der Waals surface area (Å²) >= 11 is 0. The lowest BCUT2D eigenvalue weighted by Crippen LogP contribution is -2.36. The van der Waals surface area contributed by atoms with E-state index < -0.39 is 35.3 Å². The normalized spacial score (nSPS) is 29.6. The average Bonchev–Trinajstić information content (AvgIpc) is 3.02. The molecule has 0 heterocycles. The molecule has 1 aromatic rings. The molecule has 0 aliphatic heterocycles. The fourth-order valence-corrected chi connectivity index (χ4v) is 3.32. The number of fused-ring (bicyclic) bond motifs is 2. The molecule has 0 spiro atoms. The second kappa shape index (κ2) is 4.95. The number of carboxylic acid groups (broad SMARTS) is 1. The van der Waals surface area contributed by atoms with E-state index in [0.29, 0.717) is 12.5 Å². The van der Waals surface area contributed by atoms with Crippen molar-refractivity contribution in [2.45, 2.75) is 6.42 Å². The highest BCUT2D eigenvalue weighted by molar-refractivity contribution is 5.96. The Kier molecular flexibility index (Phi) is 3.23. The predicted molar refractivity (Wildman–Crippen MR) is 70.3 cm³/mol. The maximum atomic E-state index is 13.6. The largest absolute Gasteiger partial charge is 0.481 e. The highest BCUT2D eigenvalue weighted by atomic mass is 19.1. The summed E-state index contributed by atoms with van der Waals surface area (Å²) in [4.78, 5) is 23.6. The van der Waals surface area contributed by atoms with Gasteiger partial charge >= 0.3 is 5.97 Å². The summed E-state index contributed by atoms with van der Waals surface area (Å²) in [6.07, 6.45) is 4.29. The summed E-state index contributed by atoms with van der Waals surface area (Å²) in [5.41, 5.74) is -0.141. The zero-order valence-electron chi connectivity index (χ0n) is 10.9. The van der Waals surface area contributed by atoms with E-state index in [1.807, 2.05) is 12.2 Å². The monoisotopic (exact) mass is 293 g/mol. The van der Waals surface area contributed by atoms with Crippen LogP contribution in [0.25, 0.3) is 0 Å². The van der Waals surface area contributed by atoms with Crippen molar-refractivity contribution in [1.82, 2.24) is 0 Å². The van der Waals surface area contributed by atoms with E-state index in [2.05, 4.69) is 5.32 Å². The van der Waals surface area contributed by atoms with Crippen LogP contribution in [0.1, 0.15) is 6.42 Å². The standard InChI is InChI=1S/C15H13F2NO3/c16-9-3-4-11(10(17)6-9)18-14(19)12-7-1-2-8(5-7)13(12)15(20)21/h1-4,6-8,12-13H,5H2,(H,18,19)(H,20,21). The molecule has 110 valence electrons. The van der Waals surface area contributed by atoms with E-state index in [1.54, 1.807) is 0 Å². The molecule has 6 heteroatoms. The number of allylic oxidation sites excluding steroid dienone is 2. The lowest BCUT2D eigenvalue weighted by Gasteiger charge is -2.23. The molecule has 1 saturated carbocycles. The summed E-state index contributed by atoms with van der Waals surface area (Å²) in [6.45, 7) is 0. The van der Waals surface area contributed by atoms with Gasteiger partial charge in [-0.2, -0.15) is 0 Å². The molecule has 0 aromatic heterocycles. The third-order valence-corrected chi connectivity index (χ3v) is 4.24. The Morgan fingerprint density at radius 2 is 1.81 bits per heavy atom. The summed E-state index contributed by atoms with van der Waals surface area (Å²) in [7, 11) is 0. The SMILES string of the molecule is O=C(O)C1C2C=CC(C2)C1C(=O)Nc1ccc(F)cc1F. The van der Waals surface area contributed by atoms with Gasteiger partial charge < -0.3 is 10.4 Å². The first-order valence-electron chi connectivity index (χ1n) is 6.64. The Balaban J connectivity index is 1.82. The first-order valence-corrected chi connectivity index (χ1v) is 6.64. The van der Waals surface area contributed by atoms with Gasteiger partial charge in [0.15, 0.2) is 0 Å². The lowest BCUT2D eigenvalue weighted by molar-refractivity contribution is -0.146. The number of carbonyl (C=O) groups excluding carboxylic acids is 1. The first-order chi connectivity index (χ1) is 9.97. The van der Waals surface area contributed by atoms with E-state index in [0.717, 1.165) is 12.1 Å². The van der Waals surface area contributed by atoms with Gasteiger partial charge in [-0.25, -0.2) is 8.78 Å². The minimum absolute atomic E-state index is 0.139. The molecule has 4 nitrogen and oxygen atoms in total. The minimum Gasteiger partial charge on any atom is -0.481 e. The van der Waals surface area contributed by atoms with Gasteiger partial charge in [0.2, 0.25) is 5.91 Å². The Hall–Kier alpha value is -2.24. The fourth-order valence-electron chi connectivity index (χ4n) is 3.32. The maximum absolute atomic E-state index is 13.6. The number of amides is 1. The molecule has 1 amide bonds. The Morgan fingerprint density at radius 1 is 1.14 bits per heavy atom. The average molecular weight is 293 g/mol. The summed E-state index contributed by atoms with van der Waals surface area (Å²) in [5, 5.41) is 11.6.